The van der Waals surface area contributed by atoms with Gasteiger partial charge in [-0.3, -0.25) is 4.79 Å². The van der Waals surface area contributed by atoms with Crippen LogP contribution in [0.25, 0.3) is 0 Å². The summed E-state index contributed by atoms with van der Waals surface area (Å²) in [7, 11) is 0. The van der Waals surface area contributed by atoms with E-state index in [4.69, 9.17) is 0 Å². The molecule has 1 unspecified atom stereocenters. The summed E-state index contributed by atoms with van der Waals surface area (Å²) in [5.41, 5.74) is 1.14. The second-order valence-electron chi connectivity index (χ2n) is 3.48. The molecule has 1 aliphatic heterocycles. The molecule has 1 aliphatic rings. The molecule has 3 heteroatoms. The first-order chi connectivity index (χ1) is 6.71. The number of carbonyl (C=O) groups is 1. The predicted octanol–water partition coefficient (Wildman–Crippen LogP) is 3.21. The zero-order valence-electron chi connectivity index (χ0n) is 7.77. The van der Waals surface area contributed by atoms with Gasteiger partial charge in [0.05, 0.1) is 4.08 Å². The summed E-state index contributed by atoms with van der Waals surface area (Å²) < 4.78 is -0.295. The molecule has 74 valence electrons. The molecular formula is C11H12OS2. The number of thioether (sulfide) groups is 1. The Bertz CT molecular complexity index is 336. The van der Waals surface area contributed by atoms with Gasteiger partial charge in [-0.05, 0) is 18.4 Å². The van der Waals surface area contributed by atoms with E-state index in [1.165, 1.54) is 11.8 Å². The van der Waals surface area contributed by atoms with E-state index in [1.54, 1.807) is 0 Å². The van der Waals surface area contributed by atoms with Gasteiger partial charge in [0.25, 0.3) is 0 Å². The van der Waals surface area contributed by atoms with Gasteiger partial charge in [-0.15, -0.1) is 0 Å². The molecule has 0 aliphatic carbocycles. The van der Waals surface area contributed by atoms with Crippen LogP contribution >= 0.6 is 24.4 Å². The molecule has 1 atom stereocenters. The molecule has 0 bridgehead atoms. The first-order valence-electron chi connectivity index (χ1n) is 4.70. The van der Waals surface area contributed by atoms with Crippen LogP contribution in [0.5, 0.6) is 0 Å². The van der Waals surface area contributed by atoms with Gasteiger partial charge in [-0.1, -0.05) is 42.1 Å². The second-order valence-corrected chi connectivity index (χ2v) is 5.90. The van der Waals surface area contributed by atoms with Crippen molar-refractivity contribution in [3.05, 3.63) is 35.9 Å². The third-order valence-electron chi connectivity index (χ3n) is 2.40. The Morgan fingerprint density at radius 2 is 2.00 bits per heavy atom. The largest absolute Gasteiger partial charge is 0.287 e. The van der Waals surface area contributed by atoms with E-state index in [1.807, 2.05) is 30.3 Å². The van der Waals surface area contributed by atoms with Gasteiger partial charge in [0.2, 0.25) is 0 Å². The van der Waals surface area contributed by atoms with E-state index in [0.29, 0.717) is 6.42 Å². The lowest BCUT2D eigenvalue weighted by molar-refractivity contribution is -0.111. The standard InChI is InChI=1S/C11H12OS2/c12-10-7-4-8-11(13,14-10)9-5-2-1-3-6-9/h1-3,5-6,13H,4,7-8H2. The van der Waals surface area contributed by atoms with Crippen LogP contribution in [-0.2, 0) is 8.87 Å². The van der Waals surface area contributed by atoms with Crippen molar-refractivity contribution < 1.29 is 4.79 Å². The van der Waals surface area contributed by atoms with E-state index >= 15 is 0 Å². The van der Waals surface area contributed by atoms with Gasteiger partial charge in [0.1, 0.15) is 0 Å². The monoisotopic (exact) mass is 224 g/mol. The van der Waals surface area contributed by atoms with Gasteiger partial charge in [0, 0.05) is 6.42 Å². The quantitative estimate of drug-likeness (QED) is 0.738. The van der Waals surface area contributed by atoms with Crippen LogP contribution in [0.3, 0.4) is 0 Å². The average Bonchev–Trinajstić information content (AvgIpc) is 2.19. The molecule has 2 rings (SSSR count). The fraction of sp³-hybridized carbons (Fsp3) is 0.364. The van der Waals surface area contributed by atoms with E-state index in [0.717, 1.165) is 18.4 Å². The van der Waals surface area contributed by atoms with Crippen molar-refractivity contribution in [3.8, 4) is 0 Å². The molecule has 0 amide bonds. The fourth-order valence-corrected chi connectivity index (χ4v) is 3.40. The highest BCUT2D eigenvalue weighted by Crippen LogP contribution is 2.48. The molecule has 0 radical (unpaired) electrons. The highest BCUT2D eigenvalue weighted by atomic mass is 32.2. The molecular weight excluding hydrogens is 212 g/mol. The van der Waals surface area contributed by atoms with E-state index in [-0.39, 0.29) is 9.19 Å². The van der Waals surface area contributed by atoms with Crippen LogP contribution in [0, 0.1) is 0 Å². The van der Waals surface area contributed by atoms with Crippen LogP contribution in [0.1, 0.15) is 24.8 Å². The molecule has 1 aromatic rings. The van der Waals surface area contributed by atoms with E-state index in [2.05, 4.69) is 12.6 Å². The maximum Gasteiger partial charge on any atom is 0.190 e. The predicted molar refractivity (Wildman–Crippen MR) is 63.6 cm³/mol. The second kappa shape index (κ2) is 3.99. The third-order valence-corrected chi connectivity index (χ3v) is 4.37. The van der Waals surface area contributed by atoms with E-state index < -0.39 is 0 Å². The summed E-state index contributed by atoms with van der Waals surface area (Å²) in [6.45, 7) is 0. The number of benzene rings is 1. The van der Waals surface area contributed by atoms with Crippen molar-refractivity contribution in [3.63, 3.8) is 0 Å². The Kier molecular flexibility index (Phi) is 2.88. The smallest absolute Gasteiger partial charge is 0.190 e. The number of thiol groups is 1. The van der Waals surface area contributed by atoms with Crippen molar-refractivity contribution in [2.45, 2.75) is 23.3 Å². The maximum absolute atomic E-state index is 11.4. The van der Waals surface area contributed by atoms with Gasteiger partial charge < -0.3 is 0 Å². The van der Waals surface area contributed by atoms with Crippen molar-refractivity contribution in [2.24, 2.45) is 0 Å². The van der Waals surface area contributed by atoms with Crippen LogP contribution in [-0.4, -0.2) is 5.12 Å². The zero-order chi connectivity index (χ0) is 10.0. The minimum Gasteiger partial charge on any atom is -0.287 e. The van der Waals surface area contributed by atoms with Crippen molar-refractivity contribution in [2.75, 3.05) is 0 Å². The summed E-state index contributed by atoms with van der Waals surface area (Å²) >= 11 is 6.01. The Morgan fingerprint density at radius 3 is 2.64 bits per heavy atom. The minimum atomic E-state index is -0.295. The van der Waals surface area contributed by atoms with Crippen LogP contribution in [0.15, 0.2) is 30.3 Å². The summed E-state index contributed by atoms with van der Waals surface area (Å²) in [5, 5.41) is 0.259. The highest BCUT2D eigenvalue weighted by molar-refractivity contribution is 8.21. The molecule has 0 aromatic heterocycles. The lowest BCUT2D eigenvalue weighted by Crippen LogP contribution is -2.21. The molecule has 0 spiro atoms. The van der Waals surface area contributed by atoms with Gasteiger partial charge >= 0.3 is 0 Å². The number of carbonyl (C=O) groups excluding carboxylic acids is 1. The van der Waals surface area contributed by atoms with Gasteiger partial charge in [-0.25, -0.2) is 0 Å². The van der Waals surface area contributed by atoms with Crippen LogP contribution < -0.4 is 0 Å². The normalized spacial score (nSPS) is 27.6. The van der Waals surface area contributed by atoms with Gasteiger partial charge in [-0.2, -0.15) is 12.6 Å². The molecule has 1 aromatic carbocycles. The Hall–Kier alpha value is -0.410. The molecule has 1 fully saturated rings. The lowest BCUT2D eigenvalue weighted by Gasteiger charge is -2.31. The first-order valence-corrected chi connectivity index (χ1v) is 5.97. The van der Waals surface area contributed by atoms with Crippen molar-refractivity contribution in [1.82, 2.24) is 0 Å². The average molecular weight is 224 g/mol. The Balaban J connectivity index is 2.27. The number of hydrogen-bond donors (Lipinski definition) is 1. The Labute approximate surface area is 93.7 Å². The van der Waals surface area contributed by atoms with Crippen LogP contribution in [0.2, 0.25) is 0 Å². The molecule has 0 saturated carbocycles. The van der Waals surface area contributed by atoms with E-state index in [9.17, 15) is 4.79 Å². The molecule has 1 heterocycles. The number of hydrogen-bond acceptors (Lipinski definition) is 3. The zero-order valence-corrected chi connectivity index (χ0v) is 9.48. The summed E-state index contributed by atoms with van der Waals surface area (Å²) in [4.78, 5) is 11.4. The molecule has 14 heavy (non-hydrogen) atoms. The summed E-state index contributed by atoms with van der Waals surface area (Å²) in [5.74, 6) is 0. The molecule has 0 N–H and O–H groups in total. The Morgan fingerprint density at radius 1 is 1.29 bits per heavy atom. The highest BCUT2D eigenvalue weighted by Gasteiger charge is 2.34. The topological polar surface area (TPSA) is 17.1 Å². The molecule has 1 nitrogen and oxygen atoms in total. The number of rotatable bonds is 1. The first kappa shape index (κ1) is 10.1. The SMILES string of the molecule is O=C1CCCC(S)(c2ccccc2)S1. The van der Waals surface area contributed by atoms with Crippen molar-refractivity contribution in [1.29, 1.82) is 0 Å². The lowest BCUT2D eigenvalue weighted by atomic mass is 10.1. The summed E-state index contributed by atoms with van der Waals surface area (Å²) in [6, 6.07) is 10.0. The minimum absolute atomic E-state index is 0.259. The fourth-order valence-electron chi connectivity index (χ4n) is 1.66. The summed E-state index contributed by atoms with van der Waals surface area (Å²) in [6.07, 6.45) is 2.61. The molecule has 1 saturated heterocycles. The van der Waals surface area contributed by atoms with Crippen molar-refractivity contribution >= 4 is 29.5 Å². The van der Waals surface area contributed by atoms with Gasteiger partial charge in [0.15, 0.2) is 5.12 Å². The third kappa shape index (κ3) is 1.98. The van der Waals surface area contributed by atoms with Crippen LogP contribution in [0.4, 0.5) is 0 Å². The maximum atomic E-state index is 11.4.